The summed E-state index contributed by atoms with van der Waals surface area (Å²) in [6.07, 6.45) is 6.21. The average molecular weight is 543 g/mol. The Labute approximate surface area is 229 Å². The van der Waals surface area contributed by atoms with Gasteiger partial charge in [-0.25, -0.2) is 4.39 Å². The van der Waals surface area contributed by atoms with Gasteiger partial charge >= 0.3 is 0 Å². The molecule has 0 aromatic heterocycles. The van der Waals surface area contributed by atoms with Gasteiger partial charge in [0, 0.05) is 30.2 Å². The lowest BCUT2D eigenvalue weighted by Gasteiger charge is -2.45. The Morgan fingerprint density at radius 1 is 0.947 bits per heavy atom. The Morgan fingerprint density at radius 3 is 2.45 bits per heavy atom. The Bertz CT molecular complexity index is 1150. The van der Waals surface area contributed by atoms with Crippen molar-refractivity contribution < 1.29 is 23.5 Å². The molecular formula is C30H36ClFN2O4. The fourth-order valence-electron chi connectivity index (χ4n) is 6.29. The first-order valence-corrected chi connectivity index (χ1v) is 14.1. The molecule has 38 heavy (non-hydrogen) atoms. The average Bonchev–Trinajstić information content (AvgIpc) is 3.43. The largest absolute Gasteiger partial charge is 0.490 e. The van der Waals surface area contributed by atoms with Crippen LogP contribution in [0.1, 0.15) is 56.9 Å². The van der Waals surface area contributed by atoms with Gasteiger partial charge in [0.15, 0.2) is 0 Å². The number of halogens is 2. The van der Waals surface area contributed by atoms with Crippen LogP contribution < -0.4 is 4.74 Å². The molecule has 3 fully saturated rings. The number of carbonyl (C=O) groups is 2. The molecule has 5 rings (SSSR count). The lowest BCUT2D eigenvalue weighted by molar-refractivity contribution is -0.169. The second kappa shape index (κ2) is 11.6. The van der Waals surface area contributed by atoms with Crippen LogP contribution in [0.4, 0.5) is 4.39 Å². The summed E-state index contributed by atoms with van der Waals surface area (Å²) < 4.78 is 27.4. The molecule has 2 saturated heterocycles. The third-order valence-electron chi connectivity index (χ3n) is 8.27. The first-order chi connectivity index (χ1) is 18.4. The van der Waals surface area contributed by atoms with E-state index in [1.807, 2.05) is 11.0 Å². The number of rotatable bonds is 7. The van der Waals surface area contributed by atoms with Gasteiger partial charge in [0.1, 0.15) is 23.8 Å². The van der Waals surface area contributed by atoms with Crippen molar-refractivity contribution in [1.29, 1.82) is 0 Å². The van der Waals surface area contributed by atoms with E-state index < -0.39 is 11.0 Å². The van der Waals surface area contributed by atoms with Crippen LogP contribution in [0, 0.1) is 5.82 Å². The first kappa shape index (κ1) is 26.9. The zero-order valence-corrected chi connectivity index (χ0v) is 22.6. The third kappa shape index (κ3) is 5.69. The number of benzene rings is 2. The van der Waals surface area contributed by atoms with E-state index in [1.54, 1.807) is 41.3 Å². The Balaban J connectivity index is 1.41. The van der Waals surface area contributed by atoms with Crippen molar-refractivity contribution in [2.24, 2.45) is 0 Å². The van der Waals surface area contributed by atoms with Crippen LogP contribution in [-0.4, -0.2) is 66.6 Å². The first-order valence-electron chi connectivity index (χ1n) is 13.8. The Kier molecular flexibility index (Phi) is 8.24. The van der Waals surface area contributed by atoms with Gasteiger partial charge in [-0.1, -0.05) is 48.7 Å². The van der Waals surface area contributed by atoms with E-state index in [0.29, 0.717) is 35.7 Å². The molecule has 1 saturated carbocycles. The molecule has 2 heterocycles. The lowest BCUT2D eigenvalue weighted by atomic mass is 9.76. The lowest BCUT2D eigenvalue weighted by Crippen LogP contribution is -2.61. The zero-order chi connectivity index (χ0) is 26.6. The summed E-state index contributed by atoms with van der Waals surface area (Å²) in [5.74, 6) is 0.166. The van der Waals surface area contributed by atoms with Crippen LogP contribution in [0.15, 0.2) is 48.5 Å². The molecule has 1 atom stereocenters. The fraction of sp³-hybridized carbons (Fsp3) is 0.533. The van der Waals surface area contributed by atoms with E-state index in [9.17, 15) is 9.59 Å². The number of piperidine rings is 1. The number of amides is 2. The second-order valence-electron chi connectivity index (χ2n) is 10.9. The normalized spacial score (nSPS) is 23.3. The number of hydrogen-bond donors (Lipinski definition) is 0. The summed E-state index contributed by atoms with van der Waals surface area (Å²) in [5.41, 5.74) is -1.43. The minimum Gasteiger partial charge on any atom is -0.490 e. The highest BCUT2D eigenvalue weighted by Crippen LogP contribution is 2.44. The molecule has 0 bridgehead atoms. The standard InChI is InChI=1S/C30H36ClFN2O4/c31-23-9-8-10-24(19-23)37-22-29(20-27(35)33-15-6-1-7-16-33)21-34(17-18-38-29)28(36)30(13-4-5-14-30)25-11-2-3-12-26(25)32/h2-3,8-12,19H,1,4-7,13-18,20-22H2/t29-/m0/s1. The summed E-state index contributed by atoms with van der Waals surface area (Å²) in [5, 5.41) is 0.551. The predicted molar refractivity (Wildman–Crippen MR) is 144 cm³/mol. The van der Waals surface area contributed by atoms with Crippen molar-refractivity contribution in [3.8, 4) is 5.75 Å². The SMILES string of the molecule is O=C(C[C@@]1(COc2cccc(Cl)c2)CN(C(=O)C2(c3ccccc3F)CCCC2)CCO1)N1CCCCC1. The topological polar surface area (TPSA) is 59.1 Å². The Morgan fingerprint density at radius 2 is 1.71 bits per heavy atom. The fourth-order valence-corrected chi connectivity index (χ4v) is 6.48. The highest BCUT2D eigenvalue weighted by molar-refractivity contribution is 6.30. The molecule has 2 aromatic carbocycles. The van der Waals surface area contributed by atoms with E-state index in [0.717, 1.165) is 45.2 Å². The van der Waals surface area contributed by atoms with Crippen LogP contribution in [0.3, 0.4) is 0 Å². The van der Waals surface area contributed by atoms with Gasteiger partial charge in [-0.05, 0) is 56.4 Å². The number of morpholine rings is 1. The molecular weight excluding hydrogens is 507 g/mol. The quantitative estimate of drug-likeness (QED) is 0.472. The summed E-state index contributed by atoms with van der Waals surface area (Å²) in [4.78, 5) is 31.3. The number of ether oxygens (including phenoxy) is 2. The molecule has 2 aromatic rings. The molecule has 3 aliphatic rings. The minimum atomic E-state index is -1.01. The van der Waals surface area contributed by atoms with Crippen molar-refractivity contribution in [1.82, 2.24) is 9.80 Å². The molecule has 0 unspecified atom stereocenters. The maximum absolute atomic E-state index is 15.0. The summed E-state index contributed by atoms with van der Waals surface area (Å²) in [6, 6.07) is 13.7. The van der Waals surface area contributed by atoms with Crippen LogP contribution in [0.25, 0.3) is 0 Å². The number of nitrogens with zero attached hydrogens (tertiary/aromatic N) is 2. The summed E-state index contributed by atoms with van der Waals surface area (Å²) >= 11 is 6.16. The molecule has 0 N–H and O–H groups in total. The van der Waals surface area contributed by atoms with Crippen LogP contribution in [-0.2, 0) is 19.7 Å². The van der Waals surface area contributed by atoms with Crippen LogP contribution in [0.5, 0.6) is 5.75 Å². The van der Waals surface area contributed by atoms with Crippen molar-refractivity contribution in [3.05, 3.63) is 64.9 Å². The molecule has 0 radical (unpaired) electrons. The molecule has 6 nitrogen and oxygen atoms in total. The third-order valence-corrected chi connectivity index (χ3v) is 8.51. The molecule has 204 valence electrons. The van der Waals surface area contributed by atoms with Crippen molar-refractivity contribution in [2.75, 3.05) is 39.4 Å². The van der Waals surface area contributed by atoms with E-state index >= 15 is 4.39 Å². The second-order valence-corrected chi connectivity index (χ2v) is 11.3. The highest BCUT2D eigenvalue weighted by Gasteiger charge is 2.50. The van der Waals surface area contributed by atoms with Gasteiger partial charge in [-0.15, -0.1) is 0 Å². The van der Waals surface area contributed by atoms with Crippen molar-refractivity contribution >= 4 is 23.4 Å². The monoisotopic (exact) mass is 542 g/mol. The number of carbonyl (C=O) groups excluding carboxylic acids is 2. The van der Waals surface area contributed by atoms with Gasteiger partial charge in [0.25, 0.3) is 0 Å². The minimum absolute atomic E-state index is 0.0124. The van der Waals surface area contributed by atoms with Gasteiger partial charge in [-0.3, -0.25) is 9.59 Å². The predicted octanol–water partition coefficient (Wildman–Crippen LogP) is 5.37. The molecule has 2 aliphatic heterocycles. The van der Waals surface area contributed by atoms with Gasteiger partial charge in [-0.2, -0.15) is 0 Å². The molecule has 0 spiro atoms. The summed E-state index contributed by atoms with van der Waals surface area (Å²) in [7, 11) is 0. The number of likely N-dealkylation sites (tertiary alicyclic amines) is 1. The molecule has 2 amide bonds. The van der Waals surface area contributed by atoms with Crippen LogP contribution >= 0.6 is 11.6 Å². The van der Waals surface area contributed by atoms with Crippen LogP contribution in [0.2, 0.25) is 5.02 Å². The van der Waals surface area contributed by atoms with E-state index in [4.69, 9.17) is 21.1 Å². The maximum Gasteiger partial charge on any atom is 0.233 e. The molecule has 1 aliphatic carbocycles. The van der Waals surface area contributed by atoms with E-state index in [-0.39, 0.29) is 43.8 Å². The van der Waals surface area contributed by atoms with Gasteiger partial charge in [0.05, 0.1) is 25.0 Å². The van der Waals surface area contributed by atoms with Gasteiger partial charge in [0.2, 0.25) is 11.8 Å². The van der Waals surface area contributed by atoms with Crippen molar-refractivity contribution in [2.45, 2.75) is 62.4 Å². The highest BCUT2D eigenvalue weighted by atomic mass is 35.5. The number of hydrogen-bond acceptors (Lipinski definition) is 4. The zero-order valence-electron chi connectivity index (χ0n) is 21.8. The smallest absolute Gasteiger partial charge is 0.233 e. The molecule has 8 heteroatoms. The maximum atomic E-state index is 15.0. The van der Waals surface area contributed by atoms with E-state index in [1.165, 1.54) is 6.07 Å². The van der Waals surface area contributed by atoms with E-state index in [2.05, 4.69) is 0 Å². The van der Waals surface area contributed by atoms with Gasteiger partial charge < -0.3 is 19.3 Å². The summed E-state index contributed by atoms with van der Waals surface area (Å²) in [6.45, 7) is 2.47. The van der Waals surface area contributed by atoms with Crippen molar-refractivity contribution in [3.63, 3.8) is 0 Å². The Hall–Kier alpha value is -2.64.